The lowest BCUT2D eigenvalue weighted by Gasteiger charge is -2.16. The number of amides is 1. The van der Waals surface area contributed by atoms with Crippen LogP contribution < -0.4 is 5.73 Å². The fourth-order valence-corrected chi connectivity index (χ4v) is 2.41. The van der Waals surface area contributed by atoms with Crippen LogP contribution in [0.1, 0.15) is 54.7 Å². The number of ketones is 1. The Morgan fingerprint density at radius 2 is 1.64 bits per heavy atom. The number of likely N-dealkylation sites (N-methyl/N-ethyl adjacent to an activating group) is 1. The average molecular weight is 303 g/mol. The van der Waals surface area contributed by atoms with Gasteiger partial charge in [-0.25, -0.2) is 5.01 Å². The third kappa shape index (κ3) is 4.01. The Bertz CT molecular complexity index is 577. The molecule has 0 aliphatic carbocycles. The van der Waals surface area contributed by atoms with Crippen molar-refractivity contribution >= 4 is 17.4 Å². The molecule has 1 amide bonds. The van der Waals surface area contributed by atoms with Crippen LogP contribution in [0, 0.1) is 0 Å². The molecule has 120 valence electrons. The summed E-state index contributed by atoms with van der Waals surface area (Å²) >= 11 is 0. The van der Waals surface area contributed by atoms with E-state index >= 15 is 0 Å². The molecule has 0 fully saturated rings. The van der Waals surface area contributed by atoms with Crippen LogP contribution in [-0.4, -0.2) is 29.5 Å². The summed E-state index contributed by atoms with van der Waals surface area (Å²) in [6.45, 7) is 7.91. The third-order valence-electron chi connectivity index (χ3n) is 3.42. The maximum atomic E-state index is 12.6. The molecule has 0 radical (unpaired) electrons. The lowest BCUT2D eigenvalue weighted by molar-refractivity contribution is -0.125. The van der Waals surface area contributed by atoms with Crippen molar-refractivity contribution in [2.75, 3.05) is 7.05 Å². The van der Waals surface area contributed by atoms with E-state index in [1.807, 2.05) is 26.0 Å². The summed E-state index contributed by atoms with van der Waals surface area (Å²) in [5.41, 5.74) is 9.64. The number of aryl methyl sites for hydroxylation is 2. The predicted octanol–water partition coefficient (Wildman–Crippen LogP) is 2.31. The Balaban J connectivity index is 3.33. The molecule has 1 aromatic carbocycles. The van der Waals surface area contributed by atoms with Crippen molar-refractivity contribution in [2.24, 2.45) is 10.8 Å². The smallest absolute Gasteiger partial charge is 0.314 e. The first-order valence-electron chi connectivity index (χ1n) is 7.54. The highest BCUT2D eigenvalue weighted by Gasteiger charge is 2.25. The zero-order valence-electron chi connectivity index (χ0n) is 14.1. The lowest BCUT2D eigenvalue weighted by Crippen LogP contribution is -2.31. The molecule has 0 atom stereocenters. The van der Waals surface area contributed by atoms with E-state index in [1.54, 1.807) is 13.8 Å². The summed E-state index contributed by atoms with van der Waals surface area (Å²) in [4.78, 5) is 24.9. The Hall–Kier alpha value is -2.01. The Kier molecular flexibility index (Phi) is 6.43. The van der Waals surface area contributed by atoms with Crippen molar-refractivity contribution < 1.29 is 9.59 Å². The number of nitrogens with two attached hydrogens (primary N) is 1. The van der Waals surface area contributed by atoms with Gasteiger partial charge in [0.25, 0.3) is 5.78 Å². The molecule has 0 heterocycles. The van der Waals surface area contributed by atoms with Crippen LogP contribution in [0.3, 0.4) is 0 Å². The van der Waals surface area contributed by atoms with Gasteiger partial charge < -0.3 is 5.73 Å². The minimum atomic E-state index is -0.619. The molecule has 1 aromatic rings. The predicted molar refractivity (Wildman–Crippen MR) is 89.0 cm³/mol. The van der Waals surface area contributed by atoms with Gasteiger partial charge >= 0.3 is 5.91 Å². The minimum Gasteiger partial charge on any atom is -0.326 e. The van der Waals surface area contributed by atoms with Crippen molar-refractivity contribution in [2.45, 2.75) is 47.1 Å². The molecule has 0 saturated carbocycles. The van der Waals surface area contributed by atoms with Gasteiger partial charge in [-0.15, -0.1) is 0 Å². The van der Waals surface area contributed by atoms with Crippen molar-refractivity contribution in [3.63, 3.8) is 0 Å². The number of Topliss-reactive ketones (excluding diaryl/α,β-unsaturated/α-hetero) is 1. The van der Waals surface area contributed by atoms with E-state index in [1.165, 1.54) is 7.05 Å². The standard InChI is InChI=1S/C17H25N3O2/c1-6-13-8-12(10-18)9-14(7-2)15(13)16(21)17(22)20(5)19-11(3)4/h8-9H,6-7,10,18H2,1-5H3. The van der Waals surface area contributed by atoms with Crippen LogP contribution in [0.15, 0.2) is 17.2 Å². The van der Waals surface area contributed by atoms with Gasteiger partial charge in [-0.05, 0) is 43.4 Å². The van der Waals surface area contributed by atoms with E-state index < -0.39 is 11.7 Å². The molecule has 0 bridgehead atoms. The van der Waals surface area contributed by atoms with Gasteiger partial charge in [0.15, 0.2) is 0 Å². The highest BCUT2D eigenvalue weighted by Crippen LogP contribution is 2.21. The Morgan fingerprint density at radius 3 is 2.00 bits per heavy atom. The number of hydrazone groups is 1. The summed E-state index contributed by atoms with van der Waals surface area (Å²) in [5, 5.41) is 5.13. The molecular formula is C17H25N3O2. The molecule has 0 unspecified atom stereocenters. The SMILES string of the molecule is CCc1cc(CN)cc(CC)c1C(=O)C(=O)N(C)N=C(C)C. The van der Waals surface area contributed by atoms with Crippen LogP contribution in [0.4, 0.5) is 0 Å². The van der Waals surface area contributed by atoms with E-state index in [-0.39, 0.29) is 0 Å². The van der Waals surface area contributed by atoms with Crippen molar-refractivity contribution in [3.8, 4) is 0 Å². The number of hydrogen-bond acceptors (Lipinski definition) is 4. The normalized spacial score (nSPS) is 10.3. The number of rotatable bonds is 6. The molecule has 0 aromatic heterocycles. The van der Waals surface area contributed by atoms with E-state index in [9.17, 15) is 9.59 Å². The summed E-state index contributed by atoms with van der Waals surface area (Å²) in [5.74, 6) is -1.13. The monoisotopic (exact) mass is 303 g/mol. The molecule has 0 saturated heterocycles. The van der Waals surface area contributed by atoms with E-state index in [4.69, 9.17) is 5.73 Å². The van der Waals surface area contributed by atoms with Gasteiger partial charge in [-0.1, -0.05) is 26.0 Å². The first-order valence-corrected chi connectivity index (χ1v) is 7.54. The highest BCUT2D eigenvalue weighted by atomic mass is 16.2. The zero-order chi connectivity index (χ0) is 16.9. The largest absolute Gasteiger partial charge is 0.326 e. The topological polar surface area (TPSA) is 75.8 Å². The van der Waals surface area contributed by atoms with Gasteiger partial charge in [0, 0.05) is 24.9 Å². The quantitative estimate of drug-likeness (QED) is 0.379. The molecule has 1 rings (SSSR count). The molecule has 5 nitrogen and oxygen atoms in total. The van der Waals surface area contributed by atoms with Crippen LogP contribution in [-0.2, 0) is 24.2 Å². The van der Waals surface area contributed by atoms with Gasteiger partial charge in [-0.3, -0.25) is 9.59 Å². The number of carbonyl (C=O) groups excluding carboxylic acids is 2. The molecular weight excluding hydrogens is 278 g/mol. The van der Waals surface area contributed by atoms with E-state index in [0.29, 0.717) is 30.7 Å². The van der Waals surface area contributed by atoms with Gasteiger partial charge in [0.05, 0.1) is 0 Å². The summed E-state index contributed by atoms with van der Waals surface area (Å²) in [6, 6.07) is 3.82. The summed E-state index contributed by atoms with van der Waals surface area (Å²) in [6.07, 6.45) is 1.35. The third-order valence-corrected chi connectivity index (χ3v) is 3.42. The lowest BCUT2D eigenvalue weighted by atomic mass is 9.91. The second-order valence-corrected chi connectivity index (χ2v) is 5.41. The maximum Gasteiger partial charge on any atom is 0.314 e. The average Bonchev–Trinajstić information content (AvgIpc) is 2.51. The van der Waals surface area contributed by atoms with Crippen LogP contribution in [0.25, 0.3) is 0 Å². The van der Waals surface area contributed by atoms with Gasteiger partial charge in [0.2, 0.25) is 0 Å². The molecule has 0 aliphatic heterocycles. The van der Waals surface area contributed by atoms with Crippen molar-refractivity contribution in [3.05, 3.63) is 34.4 Å². The molecule has 22 heavy (non-hydrogen) atoms. The first-order chi connectivity index (χ1) is 10.3. The second-order valence-electron chi connectivity index (χ2n) is 5.41. The Morgan fingerprint density at radius 1 is 1.14 bits per heavy atom. The zero-order valence-corrected chi connectivity index (χ0v) is 14.1. The van der Waals surface area contributed by atoms with Crippen LogP contribution >= 0.6 is 0 Å². The fourth-order valence-electron chi connectivity index (χ4n) is 2.41. The fraction of sp³-hybridized carbons (Fsp3) is 0.471. The summed E-state index contributed by atoms with van der Waals surface area (Å²) < 4.78 is 0. The second kappa shape index (κ2) is 7.84. The molecule has 5 heteroatoms. The van der Waals surface area contributed by atoms with E-state index in [2.05, 4.69) is 5.10 Å². The van der Waals surface area contributed by atoms with Crippen LogP contribution in [0.5, 0.6) is 0 Å². The summed E-state index contributed by atoms with van der Waals surface area (Å²) in [7, 11) is 1.50. The van der Waals surface area contributed by atoms with Crippen molar-refractivity contribution in [1.82, 2.24) is 5.01 Å². The molecule has 0 aliphatic rings. The van der Waals surface area contributed by atoms with E-state index in [0.717, 1.165) is 21.7 Å². The molecule has 0 spiro atoms. The number of benzene rings is 1. The maximum absolute atomic E-state index is 12.6. The van der Waals surface area contributed by atoms with Gasteiger partial charge in [-0.2, -0.15) is 5.10 Å². The minimum absolute atomic E-state index is 0.418. The number of hydrogen-bond donors (Lipinski definition) is 1. The first kappa shape index (κ1) is 18.0. The molecule has 2 N–H and O–H groups in total. The highest BCUT2D eigenvalue weighted by molar-refractivity contribution is 6.43. The van der Waals surface area contributed by atoms with Crippen LogP contribution in [0.2, 0.25) is 0 Å². The van der Waals surface area contributed by atoms with Crippen molar-refractivity contribution in [1.29, 1.82) is 0 Å². The van der Waals surface area contributed by atoms with Gasteiger partial charge in [0.1, 0.15) is 0 Å². The number of nitrogens with zero attached hydrogens (tertiary/aromatic N) is 2. The number of carbonyl (C=O) groups is 2. The Labute approximate surface area is 132 Å².